The number of para-hydroxylation sites is 1. The molecule has 0 unspecified atom stereocenters. The summed E-state index contributed by atoms with van der Waals surface area (Å²) in [6, 6.07) is 16.5. The Labute approximate surface area is 139 Å². The Morgan fingerprint density at radius 1 is 1.12 bits per heavy atom. The summed E-state index contributed by atoms with van der Waals surface area (Å²) in [7, 11) is 1.61. The Hall–Kier alpha value is -3.41. The fraction of sp³-hybridized carbons (Fsp3) is 0.0556. The average Bonchev–Trinajstić information content (AvgIpc) is 2.63. The van der Waals surface area contributed by atoms with E-state index >= 15 is 0 Å². The molecule has 1 heterocycles. The second-order valence-electron chi connectivity index (χ2n) is 5.10. The van der Waals surface area contributed by atoms with Gasteiger partial charge >= 0.3 is 5.82 Å². The first kappa shape index (κ1) is 15.5. The van der Waals surface area contributed by atoms with E-state index in [4.69, 9.17) is 10.5 Å². The van der Waals surface area contributed by atoms with E-state index < -0.39 is 0 Å². The molecule has 1 amide bonds. The first-order valence-corrected chi connectivity index (χ1v) is 7.36. The van der Waals surface area contributed by atoms with Gasteiger partial charge in [0.15, 0.2) is 0 Å². The van der Waals surface area contributed by atoms with Crippen LogP contribution >= 0.6 is 0 Å². The van der Waals surface area contributed by atoms with Gasteiger partial charge in [0.2, 0.25) is 5.69 Å². The Kier molecular flexibility index (Phi) is 4.38. The number of carbonyl (C=O) groups excluding carboxylic acids is 1. The van der Waals surface area contributed by atoms with Gasteiger partial charge in [-0.1, -0.05) is 18.2 Å². The largest absolute Gasteiger partial charge is 0.497 e. The number of rotatable bonds is 4. The lowest BCUT2D eigenvalue weighted by molar-refractivity contribution is -0.360. The van der Waals surface area contributed by atoms with E-state index in [-0.39, 0.29) is 17.4 Å². The summed E-state index contributed by atoms with van der Waals surface area (Å²) in [5, 5.41) is 2.77. The highest BCUT2D eigenvalue weighted by atomic mass is 16.5. The predicted octanol–water partition coefficient (Wildman–Crippen LogP) is 2.41. The smallest absolute Gasteiger partial charge is 0.302 e. The molecule has 120 valence electrons. The normalized spacial score (nSPS) is 10.2. The van der Waals surface area contributed by atoms with Gasteiger partial charge in [0.25, 0.3) is 5.91 Å². The predicted molar refractivity (Wildman–Crippen MR) is 91.6 cm³/mol. The van der Waals surface area contributed by atoms with Crippen LogP contribution in [-0.2, 0) is 0 Å². The highest BCUT2D eigenvalue weighted by Gasteiger charge is 2.18. The van der Waals surface area contributed by atoms with Crippen molar-refractivity contribution in [3.8, 4) is 17.0 Å². The first-order chi connectivity index (χ1) is 11.7. The number of ether oxygens (including phenoxy) is 1. The van der Waals surface area contributed by atoms with Crippen LogP contribution in [0.1, 0.15) is 10.5 Å². The van der Waals surface area contributed by atoms with E-state index in [1.54, 1.807) is 25.4 Å². The third-order valence-corrected chi connectivity index (χ3v) is 3.48. The van der Waals surface area contributed by atoms with Crippen molar-refractivity contribution < 1.29 is 14.5 Å². The number of hydrogen-bond donors (Lipinski definition) is 2. The number of nitrogen functional groups attached to an aromatic ring is 1. The molecule has 0 fully saturated rings. The molecular weight excluding hydrogens is 304 g/mol. The number of amides is 1. The van der Waals surface area contributed by atoms with E-state index in [1.165, 1.54) is 0 Å². The van der Waals surface area contributed by atoms with Crippen LogP contribution in [0.5, 0.6) is 5.75 Å². The summed E-state index contributed by atoms with van der Waals surface area (Å²) in [6.07, 6.45) is 1.66. The van der Waals surface area contributed by atoms with Gasteiger partial charge in [-0.05, 0) is 36.4 Å². The highest BCUT2D eigenvalue weighted by Crippen LogP contribution is 2.21. The van der Waals surface area contributed by atoms with E-state index in [1.807, 2.05) is 42.5 Å². The summed E-state index contributed by atoms with van der Waals surface area (Å²) >= 11 is 0. The molecule has 0 saturated heterocycles. The third-order valence-electron chi connectivity index (χ3n) is 3.48. The fourth-order valence-corrected chi connectivity index (χ4v) is 2.22. The second kappa shape index (κ2) is 6.78. The quantitative estimate of drug-likeness (QED) is 0.772. The summed E-state index contributed by atoms with van der Waals surface area (Å²) in [4.78, 5) is 19.7. The van der Waals surface area contributed by atoms with Gasteiger partial charge in [0, 0.05) is 11.3 Å². The summed E-state index contributed by atoms with van der Waals surface area (Å²) in [5.74, 6) is 0.589. The lowest BCUT2D eigenvalue weighted by Crippen LogP contribution is -2.22. The molecule has 2 aromatic carbocycles. The zero-order valence-electron chi connectivity index (χ0n) is 13.1. The molecule has 4 N–H and O–H groups in total. The molecule has 24 heavy (non-hydrogen) atoms. The molecular formula is C18H17N4O2+. The lowest BCUT2D eigenvalue weighted by Gasteiger charge is -2.06. The van der Waals surface area contributed by atoms with Crippen LogP contribution in [0.15, 0.2) is 60.8 Å². The number of H-pyrrole nitrogens is 1. The molecule has 0 aliphatic rings. The van der Waals surface area contributed by atoms with Gasteiger partial charge in [-0.3, -0.25) is 10.5 Å². The molecule has 0 atom stereocenters. The van der Waals surface area contributed by atoms with E-state index in [0.717, 1.165) is 11.3 Å². The summed E-state index contributed by atoms with van der Waals surface area (Å²) in [5.41, 5.74) is 8.16. The van der Waals surface area contributed by atoms with Gasteiger partial charge < -0.3 is 10.1 Å². The fourth-order valence-electron chi connectivity index (χ4n) is 2.22. The maximum atomic E-state index is 12.4. The number of methoxy groups -OCH3 is 1. The summed E-state index contributed by atoms with van der Waals surface area (Å²) in [6.45, 7) is 0. The van der Waals surface area contributed by atoms with Crippen LogP contribution in [0.4, 0.5) is 11.5 Å². The molecule has 1 aromatic heterocycles. The molecule has 3 rings (SSSR count). The molecule has 0 aliphatic carbocycles. The molecule has 6 nitrogen and oxygen atoms in total. The van der Waals surface area contributed by atoms with Crippen molar-refractivity contribution in [1.29, 1.82) is 0 Å². The zero-order chi connectivity index (χ0) is 16.9. The molecule has 0 bridgehead atoms. The van der Waals surface area contributed by atoms with Gasteiger partial charge in [-0.2, -0.15) is 0 Å². The molecule has 6 heteroatoms. The maximum absolute atomic E-state index is 12.4. The number of carbonyl (C=O) groups is 1. The second-order valence-corrected chi connectivity index (χ2v) is 5.10. The minimum absolute atomic E-state index is 0.146. The Balaban J connectivity index is 1.89. The van der Waals surface area contributed by atoms with Crippen LogP contribution in [0, 0.1) is 0 Å². The third kappa shape index (κ3) is 3.33. The Morgan fingerprint density at radius 3 is 2.50 bits per heavy atom. The van der Waals surface area contributed by atoms with E-state index in [9.17, 15) is 4.79 Å². The van der Waals surface area contributed by atoms with E-state index in [0.29, 0.717) is 11.4 Å². The first-order valence-electron chi connectivity index (χ1n) is 7.36. The van der Waals surface area contributed by atoms with Crippen LogP contribution in [0.2, 0.25) is 0 Å². The monoisotopic (exact) mass is 321 g/mol. The van der Waals surface area contributed by atoms with Gasteiger partial charge in [0.05, 0.1) is 7.11 Å². The zero-order valence-corrected chi connectivity index (χ0v) is 13.1. The molecule has 3 aromatic rings. The SMILES string of the molecule is COc1ccc(-c2c[nH+]c(N)c(C(=O)Nc3ccccc3)n2)cc1. The highest BCUT2D eigenvalue weighted by molar-refractivity contribution is 6.05. The molecule has 0 radical (unpaired) electrons. The van der Waals surface area contributed by atoms with Gasteiger partial charge in [0.1, 0.15) is 17.6 Å². The number of nitrogens with one attached hydrogen (secondary N) is 2. The molecule has 0 spiro atoms. The number of benzene rings is 2. The molecule has 0 aliphatic heterocycles. The van der Waals surface area contributed by atoms with Crippen LogP contribution in [0.25, 0.3) is 11.3 Å². The number of nitrogens with zero attached hydrogens (tertiary/aromatic N) is 1. The standard InChI is InChI=1S/C18H16N4O2/c1-24-14-9-7-12(8-10-14)15-11-20-17(19)16(22-15)18(23)21-13-5-3-2-4-6-13/h2-11H,1H3,(H2,19,20)(H,21,23)/p+1. The average molecular weight is 321 g/mol. The van der Waals surface area contributed by atoms with Crippen LogP contribution in [-0.4, -0.2) is 18.0 Å². The Morgan fingerprint density at radius 2 is 1.83 bits per heavy atom. The van der Waals surface area contributed by atoms with Crippen LogP contribution < -0.4 is 20.8 Å². The van der Waals surface area contributed by atoms with Gasteiger partial charge in [-0.25, -0.2) is 9.97 Å². The minimum Gasteiger partial charge on any atom is -0.497 e. The van der Waals surface area contributed by atoms with Crippen molar-refractivity contribution in [2.24, 2.45) is 0 Å². The number of aromatic amines is 1. The maximum Gasteiger partial charge on any atom is 0.302 e. The number of nitrogens with two attached hydrogens (primary N) is 1. The Bertz CT molecular complexity index is 849. The molecule has 0 saturated carbocycles. The summed E-state index contributed by atoms with van der Waals surface area (Å²) < 4.78 is 5.14. The van der Waals surface area contributed by atoms with E-state index in [2.05, 4.69) is 15.3 Å². The van der Waals surface area contributed by atoms with Crippen molar-refractivity contribution in [3.63, 3.8) is 0 Å². The van der Waals surface area contributed by atoms with Crippen molar-refractivity contribution in [2.45, 2.75) is 0 Å². The van der Waals surface area contributed by atoms with Crippen LogP contribution in [0.3, 0.4) is 0 Å². The number of aromatic nitrogens is 2. The van der Waals surface area contributed by atoms with Crippen molar-refractivity contribution in [3.05, 3.63) is 66.5 Å². The minimum atomic E-state index is -0.370. The topological polar surface area (TPSA) is 91.4 Å². The number of hydrogen-bond acceptors (Lipinski definition) is 4. The van der Waals surface area contributed by atoms with Crippen molar-refractivity contribution in [2.75, 3.05) is 18.2 Å². The lowest BCUT2D eigenvalue weighted by atomic mass is 10.1. The van der Waals surface area contributed by atoms with Gasteiger partial charge in [-0.15, -0.1) is 0 Å². The van der Waals surface area contributed by atoms with Crippen molar-refractivity contribution in [1.82, 2.24) is 4.98 Å². The van der Waals surface area contributed by atoms with Crippen molar-refractivity contribution >= 4 is 17.4 Å². The number of anilines is 2.